The fraction of sp³-hybridized carbons (Fsp3) is 0.412. The van der Waals surface area contributed by atoms with Crippen molar-refractivity contribution in [3.05, 3.63) is 58.1 Å². The second-order valence-corrected chi connectivity index (χ2v) is 6.41. The van der Waals surface area contributed by atoms with Gasteiger partial charge in [-0.2, -0.15) is 0 Å². The predicted molar refractivity (Wildman–Crippen MR) is 84.9 cm³/mol. The first-order valence-corrected chi connectivity index (χ1v) is 7.33. The monoisotopic (exact) mass is 283 g/mol. The molecule has 0 fully saturated rings. The Bertz CT molecular complexity index is 718. The summed E-state index contributed by atoms with van der Waals surface area (Å²) in [6.07, 6.45) is 2.58. The minimum Gasteiger partial charge on any atom is -0.355 e. The molecule has 3 rings (SSSR count). The summed E-state index contributed by atoms with van der Waals surface area (Å²) in [5.41, 5.74) is 2.82. The predicted octanol–water partition coefficient (Wildman–Crippen LogP) is 2.12. The molecule has 0 amide bonds. The highest BCUT2D eigenvalue weighted by Crippen LogP contribution is 2.31. The summed E-state index contributed by atoms with van der Waals surface area (Å²) in [4.78, 5) is 18.5. The third kappa shape index (κ3) is 2.58. The van der Waals surface area contributed by atoms with Crippen molar-refractivity contribution >= 4 is 5.82 Å². The van der Waals surface area contributed by atoms with Crippen molar-refractivity contribution in [3.63, 3.8) is 0 Å². The van der Waals surface area contributed by atoms with Crippen LogP contribution in [0, 0.1) is 0 Å². The van der Waals surface area contributed by atoms with E-state index in [1.807, 2.05) is 0 Å². The van der Waals surface area contributed by atoms with Crippen LogP contribution in [0.2, 0.25) is 0 Å². The van der Waals surface area contributed by atoms with Crippen molar-refractivity contribution in [2.24, 2.45) is 7.05 Å². The number of nitrogens with zero attached hydrogens (tertiary/aromatic N) is 3. The lowest BCUT2D eigenvalue weighted by Gasteiger charge is -2.31. The maximum Gasteiger partial charge on any atom is 0.255 e. The van der Waals surface area contributed by atoms with Crippen LogP contribution in [-0.4, -0.2) is 22.6 Å². The molecule has 1 aliphatic rings. The standard InChI is InChI=1S/C17H21N3O/c1-17(2)11-20(15-10-16(21)19(3)12-18-15)9-8-13-6-4-5-7-14(13)17/h4-7,10,12H,8-9,11H2,1-3H3. The van der Waals surface area contributed by atoms with E-state index in [1.54, 1.807) is 19.4 Å². The van der Waals surface area contributed by atoms with Gasteiger partial charge in [-0.1, -0.05) is 38.1 Å². The van der Waals surface area contributed by atoms with E-state index in [0.717, 1.165) is 25.3 Å². The molecule has 2 heterocycles. The molecule has 0 N–H and O–H groups in total. The molecule has 1 aliphatic heterocycles. The van der Waals surface area contributed by atoms with Crippen LogP contribution in [0.1, 0.15) is 25.0 Å². The molecule has 1 aromatic carbocycles. The van der Waals surface area contributed by atoms with Gasteiger partial charge in [-0.3, -0.25) is 4.79 Å². The van der Waals surface area contributed by atoms with Crippen LogP contribution in [-0.2, 0) is 18.9 Å². The lowest BCUT2D eigenvalue weighted by atomic mass is 9.82. The van der Waals surface area contributed by atoms with Crippen molar-refractivity contribution < 1.29 is 0 Å². The van der Waals surface area contributed by atoms with E-state index in [2.05, 4.69) is 48.0 Å². The van der Waals surface area contributed by atoms with Crippen molar-refractivity contribution in [1.82, 2.24) is 9.55 Å². The van der Waals surface area contributed by atoms with Crippen LogP contribution >= 0.6 is 0 Å². The van der Waals surface area contributed by atoms with Gasteiger partial charge < -0.3 is 9.47 Å². The zero-order valence-electron chi connectivity index (χ0n) is 12.8. The Morgan fingerprint density at radius 3 is 2.76 bits per heavy atom. The van der Waals surface area contributed by atoms with Gasteiger partial charge in [-0.15, -0.1) is 0 Å². The Balaban J connectivity index is 1.98. The molecule has 0 unspecified atom stereocenters. The molecular weight excluding hydrogens is 262 g/mol. The first-order valence-electron chi connectivity index (χ1n) is 7.33. The van der Waals surface area contributed by atoms with Crippen molar-refractivity contribution in [2.45, 2.75) is 25.7 Å². The normalized spacial score (nSPS) is 17.2. The molecule has 0 saturated heterocycles. The molecule has 0 saturated carbocycles. The lowest BCUT2D eigenvalue weighted by Crippen LogP contribution is -2.37. The number of fused-ring (bicyclic) bond motifs is 1. The third-order valence-electron chi connectivity index (χ3n) is 4.27. The fourth-order valence-corrected chi connectivity index (χ4v) is 3.12. The Labute approximate surface area is 125 Å². The largest absolute Gasteiger partial charge is 0.355 e. The third-order valence-corrected chi connectivity index (χ3v) is 4.27. The molecular formula is C17H21N3O. The van der Waals surface area contributed by atoms with Crippen LogP contribution in [0.4, 0.5) is 5.82 Å². The highest BCUT2D eigenvalue weighted by molar-refractivity contribution is 5.44. The van der Waals surface area contributed by atoms with E-state index in [0.29, 0.717) is 0 Å². The summed E-state index contributed by atoms with van der Waals surface area (Å²) < 4.78 is 1.50. The molecule has 0 atom stereocenters. The first kappa shape index (κ1) is 13.9. The van der Waals surface area contributed by atoms with E-state index < -0.39 is 0 Å². The molecule has 21 heavy (non-hydrogen) atoms. The minimum atomic E-state index is -0.0143. The number of aromatic nitrogens is 2. The Morgan fingerprint density at radius 1 is 1.24 bits per heavy atom. The quantitative estimate of drug-likeness (QED) is 0.804. The Kier molecular flexibility index (Phi) is 3.32. The summed E-state index contributed by atoms with van der Waals surface area (Å²) in [5, 5.41) is 0. The maximum atomic E-state index is 11.8. The van der Waals surface area contributed by atoms with Gasteiger partial charge in [0, 0.05) is 31.6 Å². The summed E-state index contributed by atoms with van der Waals surface area (Å²) in [5.74, 6) is 0.777. The van der Waals surface area contributed by atoms with Crippen LogP contribution < -0.4 is 10.5 Å². The van der Waals surface area contributed by atoms with E-state index in [4.69, 9.17) is 0 Å². The summed E-state index contributed by atoms with van der Waals surface area (Å²) in [7, 11) is 1.72. The Morgan fingerprint density at radius 2 is 2.00 bits per heavy atom. The summed E-state index contributed by atoms with van der Waals surface area (Å²) in [6, 6.07) is 10.3. The molecule has 4 heteroatoms. The Hall–Kier alpha value is -2.10. The number of anilines is 1. The van der Waals surface area contributed by atoms with Gasteiger partial charge in [0.05, 0.1) is 6.33 Å². The number of rotatable bonds is 1. The summed E-state index contributed by atoms with van der Waals surface area (Å²) in [6.45, 7) is 6.27. The number of hydrogen-bond acceptors (Lipinski definition) is 3. The lowest BCUT2D eigenvalue weighted by molar-refractivity contribution is 0.521. The number of benzene rings is 1. The van der Waals surface area contributed by atoms with E-state index in [-0.39, 0.29) is 11.0 Å². The molecule has 0 aliphatic carbocycles. The summed E-state index contributed by atoms with van der Waals surface area (Å²) >= 11 is 0. The van der Waals surface area contributed by atoms with Crippen molar-refractivity contribution in [1.29, 1.82) is 0 Å². The van der Waals surface area contributed by atoms with Gasteiger partial charge in [0.15, 0.2) is 0 Å². The van der Waals surface area contributed by atoms with Gasteiger partial charge >= 0.3 is 0 Å². The first-order chi connectivity index (χ1) is 9.97. The van der Waals surface area contributed by atoms with Crippen LogP contribution in [0.5, 0.6) is 0 Å². The highest BCUT2D eigenvalue weighted by Gasteiger charge is 2.29. The van der Waals surface area contributed by atoms with Gasteiger partial charge in [0.25, 0.3) is 5.56 Å². The fourth-order valence-electron chi connectivity index (χ4n) is 3.12. The van der Waals surface area contributed by atoms with Gasteiger partial charge in [0.1, 0.15) is 5.82 Å². The minimum absolute atomic E-state index is 0.0143. The molecule has 110 valence electrons. The maximum absolute atomic E-state index is 11.8. The number of aryl methyl sites for hydroxylation is 1. The second-order valence-electron chi connectivity index (χ2n) is 6.41. The molecule has 0 radical (unpaired) electrons. The van der Waals surface area contributed by atoms with E-state index in [1.165, 1.54) is 15.7 Å². The second kappa shape index (κ2) is 5.02. The van der Waals surface area contributed by atoms with Crippen LogP contribution in [0.25, 0.3) is 0 Å². The van der Waals surface area contributed by atoms with Gasteiger partial charge in [-0.05, 0) is 17.5 Å². The molecule has 2 aromatic rings. The van der Waals surface area contributed by atoms with E-state index in [9.17, 15) is 4.79 Å². The topological polar surface area (TPSA) is 38.1 Å². The zero-order valence-corrected chi connectivity index (χ0v) is 12.8. The molecule has 1 aromatic heterocycles. The average Bonchev–Trinajstić information content (AvgIpc) is 2.59. The highest BCUT2D eigenvalue weighted by atomic mass is 16.1. The molecule has 0 spiro atoms. The molecule has 4 nitrogen and oxygen atoms in total. The van der Waals surface area contributed by atoms with Crippen molar-refractivity contribution in [3.8, 4) is 0 Å². The SMILES string of the molecule is Cn1cnc(N2CCc3ccccc3C(C)(C)C2)cc1=O. The number of hydrogen-bond donors (Lipinski definition) is 0. The smallest absolute Gasteiger partial charge is 0.255 e. The zero-order chi connectivity index (χ0) is 15.0. The average molecular weight is 283 g/mol. The van der Waals surface area contributed by atoms with Gasteiger partial charge in [-0.25, -0.2) is 4.98 Å². The van der Waals surface area contributed by atoms with Crippen LogP contribution in [0.15, 0.2) is 41.5 Å². The van der Waals surface area contributed by atoms with E-state index >= 15 is 0 Å². The van der Waals surface area contributed by atoms with Crippen molar-refractivity contribution in [2.75, 3.05) is 18.0 Å². The van der Waals surface area contributed by atoms with Crippen LogP contribution in [0.3, 0.4) is 0 Å². The van der Waals surface area contributed by atoms with Gasteiger partial charge in [0.2, 0.25) is 0 Å². The molecule has 0 bridgehead atoms.